The number of carbonyl (C=O) groups is 1. The lowest BCUT2D eigenvalue weighted by Gasteiger charge is -2.10. The van der Waals surface area contributed by atoms with Gasteiger partial charge in [-0.1, -0.05) is 60.7 Å². The van der Waals surface area contributed by atoms with Crippen molar-refractivity contribution in [3.63, 3.8) is 0 Å². The number of nitrogens with zero attached hydrogens (tertiary/aromatic N) is 3. The minimum Gasteiger partial charge on any atom is -0.347 e. The highest BCUT2D eigenvalue weighted by molar-refractivity contribution is 5.97. The van der Waals surface area contributed by atoms with Crippen LogP contribution >= 0.6 is 0 Å². The van der Waals surface area contributed by atoms with Crippen LogP contribution in [-0.4, -0.2) is 26.5 Å². The van der Waals surface area contributed by atoms with E-state index < -0.39 is 11.5 Å². The average molecular weight is 445 g/mol. The Kier molecular flexibility index (Phi) is 4.52. The smallest absolute Gasteiger partial charge is 0.275 e. The molecule has 0 saturated carbocycles. The molecule has 164 valence electrons. The van der Waals surface area contributed by atoms with Crippen LogP contribution in [0.5, 0.6) is 0 Å². The predicted octanol–water partition coefficient (Wildman–Crippen LogP) is 3.61. The SMILES string of the molecule is N#Cc1c(C(=O)NC2Cc3ccccc3C2)nn2cc(-c3ccc4ccccc4c3)[nH]c(=O)c12. The first-order valence-electron chi connectivity index (χ1n) is 11.0. The van der Waals surface area contributed by atoms with Crippen molar-refractivity contribution in [2.45, 2.75) is 18.9 Å². The van der Waals surface area contributed by atoms with E-state index in [1.807, 2.05) is 60.7 Å². The standard InChI is InChI=1S/C27H19N5O2/c28-14-22-24(26(33)29-21-12-18-7-3-4-8-19(18)13-21)31-32-15-23(30-27(34)25(22)32)20-10-9-16-5-1-2-6-17(16)11-20/h1-11,15,21H,12-13H2,(H,29,33)(H,30,34). The van der Waals surface area contributed by atoms with Crippen molar-refractivity contribution in [1.29, 1.82) is 5.26 Å². The molecule has 0 saturated heterocycles. The number of hydrogen-bond donors (Lipinski definition) is 2. The fraction of sp³-hybridized carbons (Fsp3) is 0.111. The van der Waals surface area contributed by atoms with Crippen molar-refractivity contribution >= 4 is 22.2 Å². The Morgan fingerprint density at radius 3 is 2.47 bits per heavy atom. The molecule has 6 rings (SSSR count). The van der Waals surface area contributed by atoms with Crippen LogP contribution in [-0.2, 0) is 12.8 Å². The summed E-state index contributed by atoms with van der Waals surface area (Å²) in [5, 5.41) is 19.2. The van der Waals surface area contributed by atoms with Crippen LogP contribution in [0.2, 0.25) is 0 Å². The Morgan fingerprint density at radius 2 is 1.74 bits per heavy atom. The molecule has 2 N–H and O–H groups in total. The highest BCUT2D eigenvalue weighted by Crippen LogP contribution is 2.24. The van der Waals surface area contributed by atoms with E-state index in [2.05, 4.69) is 27.5 Å². The molecule has 34 heavy (non-hydrogen) atoms. The topological polar surface area (TPSA) is 103 Å². The molecule has 1 amide bonds. The zero-order chi connectivity index (χ0) is 23.2. The predicted molar refractivity (Wildman–Crippen MR) is 129 cm³/mol. The van der Waals surface area contributed by atoms with Gasteiger partial charge in [-0.3, -0.25) is 9.59 Å². The van der Waals surface area contributed by atoms with Gasteiger partial charge >= 0.3 is 0 Å². The molecule has 5 aromatic rings. The highest BCUT2D eigenvalue weighted by Gasteiger charge is 2.27. The van der Waals surface area contributed by atoms with Gasteiger partial charge < -0.3 is 10.3 Å². The number of aromatic amines is 1. The van der Waals surface area contributed by atoms with Crippen LogP contribution < -0.4 is 10.9 Å². The number of H-pyrrole nitrogens is 1. The van der Waals surface area contributed by atoms with E-state index in [0.717, 1.165) is 29.2 Å². The molecule has 0 aliphatic heterocycles. The first-order chi connectivity index (χ1) is 16.6. The molecule has 0 atom stereocenters. The second-order valence-electron chi connectivity index (χ2n) is 8.53. The van der Waals surface area contributed by atoms with Crippen molar-refractivity contribution in [3.8, 4) is 17.3 Å². The number of rotatable bonds is 3. The summed E-state index contributed by atoms with van der Waals surface area (Å²) < 4.78 is 1.33. The summed E-state index contributed by atoms with van der Waals surface area (Å²) in [5.74, 6) is -0.454. The van der Waals surface area contributed by atoms with Gasteiger partial charge in [0, 0.05) is 11.6 Å². The maximum absolute atomic E-state index is 13.1. The van der Waals surface area contributed by atoms with Gasteiger partial charge in [0.1, 0.15) is 17.1 Å². The summed E-state index contributed by atoms with van der Waals surface area (Å²) in [5.41, 5.74) is 3.29. The lowest BCUT2D eigenvalue weighted by molar-refractivity contribution is 0.0933. The maximum Gasteiger partial charge on any atom is 0.275 e. The van der Waals surface area contributed by atoms with Crippen molar-refractivity contribution < 1.29 is 4.79 Å². The monoisotopic (exact) mass is 445 g/mol. The number of amides is 1. The summed E-state index contributed by atoms with van der Waals surface area (Å²) in [7, 11) is 0. The van der Waals surface area contributed by atoms with Crippen LogP contribution in [0.3, 0.4) is 0 Å². The molecule has 0 radical (unpaired) electrons. The molecule has 1 aliphatic rings. The van der Waals surface area contributed by atoms with E-state index in [1.54, 1.807) is 6.20 Å². The Morgan fingerprint density at radius 1 is 1.03 bits per heavy atom. The van der Waals surface area contributed by atoms with Crippen molar-refractivity contribution in [1.82, 2.24) is 19.9 Å². The molecule has 2 aromatic heterocycles. The summed E-state index contributed by atoms with van der Waals surface area (Å²) in [6.45, 7) is 0. The third-order valence-electron chi connectivity index (χ3n) is 6.40. The summed E-state index contributed by atoms with van der Waals surface area (Å²) in [4.78, 5) is 28.9. The van der Waals surface area contributed by atoms with Gasteiger partial charge in [-0.05, 0) is 40.8 Å². The Labute approximate surface area is 194 Å². The zero-order valence-corrected chi connectivity index (χ0v) is 18.1. The highest BCUT2D eigenvalue weighted by atomic mass is 16.2. The minimum absolute atomic E-state index is 0.0284. The quantitative estimate of drug-likeness (QED) is 0.443. The lowest BCUT2D eigenvalue weighted by Crippen LogP contribution is -2.36. The van der Waals surface area contributed by atoms with E-state index in [0.29, 0.717) is 5.69 Å². The number of nitriles is 1. The van der Waals surface area contributed by atoms with Gasteiger partial charge in [-0.25, -0.2) is 4.52 Å². The van der Waals surface area contributed by atoms with Gasteiger partial charge in [0.05, 0.1) is 11.9 Å². The van der Waals surface area contributed by atoms with Gasteiger partial charge in [0.15, 0.2) is 5.69 Å². The number of aromatic nitrogens is 3. The van der Waals surface area contributed by atoms with Crippen molar-refractivity contribution in [3.05, 3.63) is 106 Å². The third kappa shape index (κ3) is 3.24. The van der Waals surface area contributed by atoms with E-state index in [9.17, 15) is 14.9 Å². The Hall–Kier alpha value is -4.70. The number of hydrogen-bond acceptors (Lipinski definition) is 4. The fourth-order valence-corrected chi connectivity index (χ4v) is 4.76. The number of benzene rings is 3. The maximum atomic E-state index is 13.1. The first kappa shape index (κ1) is 19.9. The number of carbonyl (C=O) groups excluding carboxylic acids is 1. The molecule has 0 spiro atoms. The lowest BCUT2D eigenvalue weighted by atomic mass is 10.1. The summed E-state index contributed by atoms with van der Waals surface area (Å²) in [6.07, 6.45) is 3.09. The van der Waals surface area contributed by atoms with E-state index in [4.69, 9.17) is 0 Å². The van der Waals surface area contributed by atoms with Crippen molar-refractivity contribution in [2.75, 3.05) is 0 Å². The third-order valence-corrected chi connectivity index (χ3v) is 6.40. The largest absolute Gasteiger partial charge is 0.347 e. The van der Waals surface area contributed by atoms with Gasteiger partial charge in [0.2, 0.25) is 0 Å². The van der Waals surface area contributed by atoms with Crippen LogP contribution in [0.4, 0.5) is 0 Å². The minimum atomic E-state index is -0.470. The van der Waals surface area contributed by atoms with Crippen LogP contribution in [0.1, 0.15) is 27.2 Å². The van der Waals surface area contributed by atoms with Gasteiger partial charge in [0.25, 0.3) is 11.5 Å². The Bertz CT molecular complexity index is 1680. The normalized spacial score (nSPS) is 13.1. The molecule has 2 heterocycles. The molecule has 1 aliphatic carbocycles. The van der Waals surface area contributed by atoms with Gasteiger partial charge in [-0.15, -0.1) is 0 Å². The number of nitrogens with one attached hydrogen (secondary N) is 2. The van der Waals surface area contributed by atoms with Crippen LogP contribution in [0.15, 0.2) is 77.7 Å². The summed E-state index contributed by atoms with van der Waals surface area (Å²) in [6, 6.07) is 23.8. The van der Waals surface area contributed by atoms with Crippen LogP contribution in [0.25, 0.3) is 27.5 Å². The Balaban J connectivity index is 1.37. The first-order valence-corrected chi connectivity index (χ1v) is 11.0. The molecule has 7 nitrogen and oxygen atoms in total. The second kappa shape index (κ2) is 7.71. The fourth-order valence-electron chi connectivity index (χ4n) is 4.76. The molecule has 0 unspecified atom stereocenters. The number of fused-ring (bicyclic) bond motifs is 3. The van der Waals surface area contributed by atoms with E-state index in [-0.39, 0.29) is 22.8 Å². The summed E-state index contributed by atoms with van der Waals surface area (Å²) >= 11 is 0. The second-order valence-corrected chi connectivity index (χ2v) is 8.53. The van der Waals surface area contributed by atoms with Crippen LogP contribution in [0, 0.1) is 11.3 Å². The van der Waals surface area contributed by atoms with E-state index >= 15 is 0 Å². The average Bonchev–Trinajstić information content (AvgIpc) is 3.44. The molecule has 0 bridgehead atoms. The molecule has 7 heteroatoms. The molecule has 0 fully saturated rings. The van der Waals surface area contributed by atoms with E-state index in [1.165, 1.54) is 15.6 Å². The molecule has 3 aromatic carbocycles. The van der Waals surface area contributed by atoms with Gasteiger partial charge in [-0.2, -0.15) is 10.4 Å². The molecular formula is C27H19N5O2. The van der Waals surface area contributed by atoms with Crippen molar-refractivity contribution in [2.24, 2.45) is 0 Å². The molecular weight excluding hydrogens is 426 g/mol. The zero-order valence-electron chi connectivity index (χ0n) is 18.1.